The zero-order valence-electron chi connectivity index (χ0n) is 18.1. The summed E-state index contributed by atoms with van der Waals surface area (Å²) < 4.78 is 43.6. The fourth-order valence-electron chi connectivity index (χ4n) is 4.02. The number of rotatable bonds is 5. The highest BCUT2D eigenvalue weighted by Gasteiger charge is 2.30. The Hall–Kier alpha value is -3.35. The quantitative estimate of drug-likeness (QED) is 0.465. The number of pyridine rings is 1. The fourth-order valence-corrected chi connectivity index (χ4v) is 4.02. The number of ether oxygens (including phenoxy) is 1. The van der Waals surface area contributed by atoms with Gasteiger partial charge in [0, 0.05) is 25.0 Å². The zero-order chi connectivity index (χ0) is 23.3. The van der Waals surface area contributed by atoms with Crippen molar-refractivity contribution in [3.8, 4) is 5.75 Å². The van der Waals surface area contributed by atoms with Gasteiger partial charge in [-0.15, -0.1) is 0 Å². The van der Waals surface area contributed by atoms with Gasteiger partial charge in [-0.3, -0.25) is 4.98 Å². The first-order chi connectivity index (χ1) is 15.9. The summed E-state index contributed by atoms with van der Waals surface area (Å²) in [6.45, 7) is 1.31. The molecule has 0 radical (unpaired) electrons. The number of alkyl halides is 3. The summed E-state index contributed by atoms with van der Waals surface area (Å²) in [6.07, 6.45) is 0.354. The largest absolute Gasteiger partial charge is 0.416 e. The summed E-state index contributed by atoms with van der Waals surface area (Å²) >= 11 is 0. The topological polar surface area (TPSA) is 42.4 Å². The van der Waals surface area contributed by atoms with Crippen LogP contribution in [0.15, 0.2) is 72.9 Å². The highest BCUT2D eigenvalue weighted by atomic mass is 19.4. The molecule has 1 aliphatic heterocycles. The monoisotopic (exact) mass is 454 g/mol. The molecule has 0 N–H and O–H groups in total. The van der Waals surface area contributed by atoms with Crippen molar-refractivity contribution in [3.05, 3.63) is 95.3 Å². The van der Waals surface area contributed by atoms with Crippen molar-refractivity contribution in [2.24, 2.45) is 5.92 Å². The van der Waals surface area contributed by atoms with Crippen LogP contribution in [-0.2, 0) is 19.0 Å². The lowest BCUT2D eigenvalue weighted by Crippen LogP contribution is -2.40. The second-order valence-corrected chi connectivity index (χ2v) is 8.34. The molecule has 0 atom stereocenters. The van der Waals surface area contributed by atoms with Crippen molar-refractivity contribution in [1.29, 1.82) is 0 Å². The standard InChI is InChI=1S/C26H25F3N2O2/c27-26(28,29)22-8-4-19(5-9-22)17-20-6-10-24(11-7-20)33-25(32)31-15-12-21(13-16-31)18-23-3-1-2-14-30-23/h1-11,14,21H,12-13,15-18H2. The molecule has 172 valence electrons. The molecule has 7 heteroatoms. The molecule has 0 saturated carbocycles. The maximum atomic E-state index is 12.7. The van der Waals surface area contributed by atoms with E-state index in [0.717, 1.165) is 48.2 Å². The third-order valence-electron chi connectivity index (χ3n) is 5.91. The molecule has 1 aromatic heterocycles. The van der Waals surface area contributed by atoms with Gasteiger partial charge in [-0.05, 0) is 79.1 Å². The van der Waals surface area contributed by atoms with Crippen LogP contribution in [-0.4, -0.2) is 29.1 Å². The van der Waals surface area contributed by atoms with Gasteiger partial charge in [-0.1, -0.05) is 30.3 Å². The molecule has 3 aromatic rings. The number of carbonyl (C=O) groups is 1. The van der Waals surface area contributed by atoms with Gasteiger partial charge < -0.3 is 9.64 Å². The number of carbonyl (C=O) groups excluding carboxylic acids is 1. The minimum atomic E-state index is -4.33. The highest BCUT2D eigenvalue weighted by molar-refractivity contribution is 5.70. The SMILES string of the molecule is O=C(Oc1ccc(Cc2ccc(C(F)(F)F)cc2)cc1)N1CCC(Cc2ccccn2)CC1. The lowest BCUT2D eigenvalue weighted by atomic mass is 9.92. The first kappa shape index (κ1) is 22.8. The van der Waals surface area contributed by atoms with Crippen LogP contribution in [0.25, 0.3) is 0 Å². The van der Waals surface area contributed by atoms with Gasteiger partial charge in [0.2, 0.25) is 0 Å². The Morgan fingerprint density at radius 2 is 1.58 bits per heavy atom. The van der Waals surface area contributed by atoms with Crippen molar-refractivity contribution in [2.45, 2.75) is 31.9 Å². The van der Waals surface area contributed by atoms with Crippen LogP contribution < -0.4 is 4.74 Å². The average molecular weight is 454 g/mol. The van der Waals surface area contributed by atoms with Crippen LogP contribution in [0, 0.1) is 5.92 Å². The molecular weight excluding hydrogens is 429 g/mol. The first-order valence-corrected chi connectivity index (χ1v) is 11.0. The van der Waals surface area contributed by atoms with Gasteiger partial charge in [0.15, 0.2) is 0 Å². The second kappa shape index (κ2) is 10.1. The summed E-state index contributed by atoms with van der Waals surface area (Å²) in [5.74, 6) is 0.959. The number of hydrogen-bond acceptors (Lipinski definition) is 3. The van der Waals surface area contributed by atoms with E-state index in [4.69, 9.17) is 4.74 Å². The molecule has 1 aliphatic rings. The van der Waals surface area contributed by atoms with Gasteiger partial charge in [0.25, 0.3) is 0 Å². The molecule has 1 fully saturated rings. The number of aromatic nitrogens is 1. The van der Waals surface area contributed by atoms with Gasteiger partial charge in [-0.25, -0.2) is 4.79 Å². The van der Waals surface area contributed by atoms with E-state index in [0.29, 0.717) is 31.2 Å². The number of piperidine rings is 1. The lowest BCUT2D eigenvalue weighted by Gasteiger charge is -2.31. The van der Waals surface area contributed by atoms with Crippen LogP contribution in [0.4, 0.5) is 18.0 Å². The van der Waals surface area contributed by atoms with Gasteiger partial charge in [0.05, 0.1) is 5.56 Å². The molecule has 0 spiro atoms. The predicted octanol–water partition coefficient (Wildman–Crippen LogP) is 6.14. The van der Waals surface area contributed by atoms with Crippen LogP contribution >= 0.6 is 0 Å². The van der Waals surface area contributed by atoms with E-state index < -0.39 is 11.7 Å². The maximum absolute atomic E-state index is 12.7. The van der Waals surface area contributed by atoms with Gasteiger partial charge in [0.1, 0.15) is 5.75 Å². The van der Waals surface area contributed by atoms with Crippen molar-refractivity contribution >= 4 is 6.09 Å². The van der Waals surface area contributed by atoms with E-state index in [1.54, 1.807) is 23.2 Å². The summed E-state index contributed by atoms with van der Waals surface area (Å²) in [5, 5.41) is 0. The number of likely N-dealkylation sites (tertiary alicyclic amines) is 1. The van der Waals surface area contributed by atoms with E-state index in [9.17, 15) is 18.0 Å². The lowest BCUT2D eigenvalue weighted by molar-refractivity contribution is -0.137. The Balaban J connectivity index is 1.25. The van der Waals surface area contributed by atoms with Crippen molar-refractivity contribution in [3.63, 3.8) is 0 Å². The van der Waals surface area contributed by atoms with E-state index in [-0.39, 0.29) is 6.09 Å². The fraction of sp³-hybridized carbons (Fsp3) is 0.308. The second-order valence-electron chi connectivity index (χ2n) is 8.34. The number of hydrogen-bond donors (Lipinski definition) is 0. The Morgan fingerprint density at radius 3 is 2.15 bits per heavy atom. The minimum absolute atomic E-state index is 0.359. The Bertz CT molecular complexity index is 1040. The van der Waals surface area contributed by atoms with Gasteiger partial charge >= 0.3 is 12.3 Å². The third-order valence-corrected chi connectivity index (χ3v) is 5.91. The highest BCUT2D eigenvalue weighted by Crippen LogP contribution is 2.29. The summed E-state index contributed by atoms with van der Waals surface area (Å²) in [5.41, 5.74) is 2.12. The Labute approximate surface area is 191 Å². The molecule has 0 unspecified atom stereocenters. The average Bonchev–Trinajstić information content (AvgIpc) is 2.81. The summed E-state index contributed by atoms with van der Waals surface area (Å²) in [7, 11) is 0. The number of nitrogens with zero attached hydrogens (tertiary/aromatic N) is 2. The number of benzene rings is 2. The van der Waals surface area contributed by atoms with Crippen molar-refractivity contribution < 1.29 is 22.7 Å². The van der Waals surface area contributed by atoms with Crippen molar-refractivity contribution in [2.75, 3.05) is 13.1 Å². The number of halogens is 3. The Morgan fingerprint density at radius 1 is 0.939 bits per heavy atom. The van der Waals surface area contributed by atoms with Crippen molar-refractivity contribution in [1.82, 2.24) is 9.88 Å². The van der Waals surface area contributed by atoms with Crippen LogP contribution in [0.3, 0.4) is 0 Å². The molecule has 0 bridgehead atoms. The third kappa shape index (κ3) is 6.34. The molecule has 4 nitrogen and oxygen atoms in total. The van der Waals surface area contributed by atoms with Crippen LogP contribution in [0.1, 0.15) is 35.2 Å². The molecule has 2 aromatic carbocycles. The minimum Gasteiger partial charge on any atom is -0.410 e. The molecule has 1 amide bonds. The van der Waals surface area contributed by atoms with Crippen LogP contribution in [0.5, 0.6) is 5.75 Å². The predicted molar refractivity (Wildman–Crippen MR) is 119 cm³/mol. The molecule has 0 aliphatic carbocycles. The van der Waals surface area contributed by atoms with E-state index in [1.807, 2.05) is 30.3 Å². The summed E-state index contributed by atoms with van der Waals surface area (Å²) in [4.78, 5) is 18.6. The Kier molecular flexibility index (Phi) is 6.96. The number of amides is 1. The first-order valence-electron chi connectivity index (χ1n) is 11.0. The van der Waals surface area contributed by atoms with E-state index in [1.165, 1.54) is 12.1 Å². The molecule has 4 rings (SSSR count). The summed E-state index contributed by atoms with van der Waals surface area (Å²) in [6, 6.07) is 18.1. The molecule has 1 saturated heterocycles. The molecular formula is C26H25F3N2O2. The molecule has 2 heterocycles. The normalized spacial score (nSPS) is 14.8. The smallest absolute Gasteiger partial charge is 0.410 e. The van der Waals surface area contributed by atoms with Crippen LogP contribution in [0.2, 0.25) is 0 Å². The maximum Gasteiger partial charge on any atom is 0.416 e. The zero-order valence-corrected chi connectivity index (χ0v) is 18.1. The molecule has 33 heavy (non-hydrogen) atoms. The van der Waals surface area contributed by atoms with E-state index in [2.05, 4.69) is 4.98 Å². The van der Waals surface area contributed by atoms with Gasteiger partial charge in [-0.2, -0.15) is 13.2 Å². The van der Waals surface area contributed by atoms with E-state index >= 15 is 0 Å².